The Bertz CT molecular complexity index is 807. The lowest BCUT2D eigenvalue weighted by molar-refractivity contribution is 0.354. The molecule has 0 aliphatic rings. The fourth-order valence-corrected chi connectivity index (χ4v) is 2.08. The Hall–Kier alpha value is -2.82. The van der Waals surface area contributed by atoms with Gasteiger partial charge in [-0.3, -0.25) is 4.40 Å². The fraction of sp³-hybridized carbons (Fsp3) is 0.125. The molecule has 2 aromatic heterocycles. The zero-order valence-corrected chi connectivity index (χ0v) is 11.8. The van der Waals surface area contributed by atoms with Gasteiger partial charge in [-0.15, -0.1) is 10.2 Å². The molecule has 5 nitrogen and oxygen atoms in total. The van der Waals surface area contributed by atoms with Gasteiger partial charge in [0.05, 0.1) is 0 Å². The first kappa shape index (κ1) is 13.2. The van der Waals surface area contributed by atoms with E-state index in [-0.39, 0.29) is 0 Å². The third-order valence-electron chi connectivity index (χ3n) is 3.02. The first-order valence-corrected chi connectivity index (χ1v) is 6.62. The topological polar surface area (TPSA) is 65.4 Å². The molecule has 0 bridgehead atoms. The van der Waals surface area contributed by atoms with Gasteiger partial charge in [0.2, 0.25) is 5.65 Å². The van der Waals surface area contributed by atoms with Crippen molar-refractivity contribution in [2.45, 2.75) is 6.92 Å². The maximum Gasteiger partial charge on any atom is 0.203 e. The largest absolute Gasteiger partial charge is 0.485 e. The summed E-state index contributed by atoms with van der Waals surface area (Å²) in [6.45, 7) is 6.21. The molecule has 0 radical (unpaired) electrons. The second-order valence-electron chi connectivity index (χ2n) is 4.96. The molecule has 0 spiro atoms. The summed E-state index contributed by atoms with van der Waals surface area (Å²) in [5, 5.41) is 8.47. The van der Waals surface area contributed by atoms with Crippen LogP contribution in [-0.4, -0.2) is 21.2 Å². The van der Waals surface area contributed by atoms with Crippen molar-refractivity contribution in [2.75, 3.05) is 12.3 Å². The number of fused-ring (bicyclic) bond motifs is 1. The van der Waals surface area contributed by atoms with E-state index in [1.165, 1.54) is 0 Å². The summed E-state index contributed by atoms with van der Waals surface area (Å²) < 4.78 is 7.60. The zero-order chi connectivity index (χ0) is 14.8. The minimum atomic E-state index is 0.458. The second-order valence-corrected chi connectivity index (χ2v) is 4.96. The molecule has 2 heterocycles. The molecule has 0 unspecified atom stereocenters. The van der Waals surface area contributed by atoms with E-state index in [2.05, 4.69) is 16.8 Å². The molecule has 1 aromatic carbocycles. The van der Waals surface area contributed by atoms with Gasteiger partial charge in [-0.25, -0.2) is 0 Å². The number of anilines is 1. The SMILES string of the molecule is C=C(C)COc1cccn2c(-c3cccc(N)c3)nnc12. The number of benzene rings is 1. The van der Waals surface area contributed by atoms with Gasteiger partial charge in [-0.1, -0.05) is 18.7 Å². The number of ether oxygens (including phenoxy) is 1. The second kappa shape index (κ2) is 5.28. The molecular weight excluding hydrogens is 264 g/mol. The van der Waals surface area contributed by atoms with Crippen LogP contribution in [0.1, 0.15) is 6.92 Å². The third kappa shape index (κ3) is 2.58. The highest BCUT2D eigenvalue weighted by atomic mass is 16.5. The standard InChI is InChI=1S/C16H16N4O/c1-11(2)10-21-14-7-4-8-20-15(18-19-16(14)20)12-5-3-6-13(17)9-12/h3-9H,1,10,17H2,2H3. The van der Waals surface area contributed by atoms with Gasteiger partial charge in [0.1, 0.15) is 6.61 Å². The van der Waals surface area contributed by atoms with Gasteiger partial charge in [0, 0.05) is 17.4 Å². The van der Waals surface area contributed by atoms with Crippen LogP contribution in [0.5, 0.6) is 5.75 Å². The predicted molar refractivity (Wildman–Crippen MR) is 83.1 cm³/mol. The summed E-state index contributed by atoms with van der Waals surface area (Å²) >= 11 is 0. The number of hydrogen-bond acceptors (Lipinski definition) is 4. The van der Waals surface area contributed by atoms with Crippen LogP contribution in [0.3, 0.4) is 0 Å². The van der Waals surface area contributed by atoms with Crippen LogP contribution in [0.4, 0.5) is 5.69 Å². The Morgan fingerprint density at radius 1 is 1.29 bits per heavy atom. The van der Waals surface area contributed by atoms with Crippen molar-refractivity contribution in [1.29, 1.82) is 0 Å². The number of pyridine rings is 1. The number of aromatic nitrogens is 3. The van der Waals surface area contributed by atoms with E-state index in [9.17, 15) is 0 Å². The molecule has 0 aliphatic carbocycles. The third-order valence-corrected chi connectivity index (χ3v) is 3.02. The number of hydrogen-bond donors (Lipinski definition) is 1. The van der Waals surface area contributed by atoms with Crippen LogP contribution in [0, 0.1) is 0 Å². The van der Waals surface area contributed by atoms with Crippen LogP contribution >= 0.6 is 0 Å². The summed E-state index contributed by atoms with van der Waals surface area (Å²) in [7, 11) is 0. The highest BCUT2D eigenvalue weighted by molar-refractivity contribution is 5.66. The molecule has 2 N–H and O–H groups in total. The predicted octanol–water partition coefficient (Wildman–Crippen LogP) is 2.93. The van der Waals surface area contributed by atoms with Crippen molar-refractivity contribution >= 4 is 11.3 Å². The van der Waals surface area contributed by atoms with Crippen LogP contribution < -0.4 is 10.5 Å². The summed E-state index contributed by atoms with van der Waals surface area (Å²) in [5.41, 5.74) is 9.07. The van der Waals surface area contributed by atoms with Crippen molar-refractivity contribution in [3.8, 4) is 17.1 Å². The number of nitrogens with zero attached hydrogens (tertiary/aromatic N) is 3. The molecular formula is C16H16N4O. The maximum absolute atomic E-state index is 5.83. The van der Waals surface area contributed by atoms with Crippen molar-refractivity contribution in [3.63, 3.8) is 0 Å². The van der Waals surface area contributed by atoms with E-state index < -0.39 is 0 Å². The Balaban J connectivity index is 2.06. The van der Waals surface area contributed by atoms with E-state index in [0.717, 1.165) is 17.0 Å². The Morgan fingerprint density at radius 2 is 2.14 bits per heavy atom. The van der Waals surface area contributed by atoms with Crippen LogP contribution in [-0.2, 0) is 0 Å². The highest BCUT2D eigenvalue weighted by Crippen LogP contribution is 2.25. The highest BCUT2D eigenvalue weighted by Gasteiger charge is 2.11. The smallest absolute Gasteiger partial charge is 0.203 e. The summed E-state index contributed by atoms with van der Waals surface area (Å²) in [5.74, 6) is 1.42. The van der Waals surface area contributed by atoms with Gasteiger partial charge >= 0.3 is 0 Å². The van der Waals surface area contributed by atoms with E-state index in [1.54, 1.807) is 0 Å². The normalized spacial score (nSPS) is 10.7. The maximum atomic E-state index is 5.83. The first-order valence-electron chi connectivity index (χ1n) is 6.62. The van der Waals surface area contributed by atoms with Gasteiger partial charge in [-0.2, -0.15) is 0 Å². The molecule has 5 heteroatoms. The Kier molecular flexibility index (Phi) is 3.31. The monoisotopic (exact) mass is 280 g/mol. The average Bonchev–Trinajstić information content (AvgIpc) is 2.89. The van der Waals surface area contributed by atoms with Gasteiger partial charge in [0.15, 0.2) is 11.6 Å². The lowest BCUT2D eigenvalue weighted by Gasteiger charge is -2.07. The molecule has 21 heavy (non-hydrogen) atoms. The summed E-state index contributed by atoms with van der Waals surface area (Å²) in [6, 6.07) is 11.3. The van der Waals surface area contributed by atoms with Crippen molar-refractivity contribution < 1.29 is 4.74 Å². The molecule has 0 fully saturated rings. The first-order chi connectivity index (χ1) is 10.1. The van der Waals surface area contributed by atoms with Crippen LogP contribution in [0.2, 0.25) is 0 Å². The lowest BCUT2D eigenvalue weighted by Crippen LogP contribution is -2.00. The van der Waals surface area contributed by atoms with E-state index in [1.807, 2.05) is 53.9 Å². The number of nitrogens with two attached hydrogens (primary N) is 1. The Labute approximate surface area is 122 Å². The van der Waals surface area contributed by atoms with E-state index in [4.69, 9.17) is 10.5 Å². The van der Waals surface area contributed by atoms with Gasteiger partial charge < -0.3 is 10.5 Å². The number of rotatable bonds is 4. The molecule has 106 valence electrons. The molecule has 0 aliphatic heterocycles. The van der Waals surface area contributed by atoms with Gasteiger partial charge in [-0.05, 0) is 36.8 Å². The fourth-order valence-electron chi connectivity index (χ4n) is 2.08. The quantitative estimate of drug-likeness (QED) is 0.589. The van der Waals surface area contributed by atoms with Crippen LogP contribution in [0.15, 0.2) is 54.7 Å². The summed E-state index contributed by atoms with van der Waals surface area (Å²) in [6.07, 6.45) is 1.90. The average molecular weight is 280 g/mol. The van der Waals surface area contributed by atoms with Crippen molar-refractivity contribution in [2.24, 2.45) is 0 Å². The minimum absolute atomic E-state index is 0.458. The van der Waals surface area contributed by atoms with Crippen LogP contribution in [0.25, 0.3) is 17.0 Å². The summed E-state index contributed by atoms with van der Waals surface area (Å²) in [4.78, 5) is 0. The molecule has 0 saturated heterocycles. The van der Waals surface area contributed by atoms with E-state index in [0.29, 0.717) is 23.7 Å². The van der Waals surface area contributed by atoms with E-state index >= 15 is 0 Å². The molecule has 0 atom stereocenters. The van der Waals surface area contributed by atoms with Gasteiger partial charge in [0.25, 0.3) is 0 Å². The lowest BCUT2D eigenvalue weighted by atomic mass is 10.2. The molecule has 0 amide bonds. The van der Waals surface area contributed by atoms with Crippen molar-refractivity contribution in [1.82, 2.24) is 14.6 Å². The molecule has 3 rings (SSSR count). The molecule has 3 aromatic rings. The Morgan fingerprint density at radius 3 is 2.90 bits per heavy atom. The zero-order valence-electron chi connectivity index (χ0n) is 11.8. The minimum Gasteiger partial charge on any atom is -0.485 e. The molecule has 0 saturated carbocycles. The number of nitrogen functional groups attached to an aromatic ring is 1. The van der Waals surface area contributed by atoms with Crippen molar-refractivity contribution in [3.05, 3.63) is 54.7 Å².